The average Bonchev–Trinajstić information content (AvgIpc) is 3.02. The van der Waals surface area contributed by atoms with Crippen molar-refractivity contribution in [1.82, 2.24) is 5.32 Å². The van der Waals surface area contributed by atoms with Gasteiger partial charge in [0.05, 0.1) is 17.7 Å². The highest BCUT2D eigenvalue weighted by Crippen LogP contribution is 2.40. The van der Waals surface area contributed by atoms with Crippen molar-refractivity contribution < 1.29 is 40.9 Å². The van der Waals surface area contributed by atoms with E-state index in [4.69, 9.17) is 9.47 Å². The lowest BCUT2D eigenvalue weighted by atomic mass is 9.88. The van der Waals surface area contributed by atoms with Gasteiger partial charge < -0.3 is 19.9 Å². The second-order valence-electron chi connectivity index (χ2n) is 10.2. The van der Waals surface area contributed by atoms with Crippen LogP contribution >= 0.6 is 0 Å². The lowest BCUT2D eigenvalue weighted by Gasteiger charge is -2.23. The van der Waals surface area contributed by atoms with E-state index < -0.39 is 23.5 Å². The molecular weight excluding hydrogens is 584 g/mol. The van der Waals surface area contributed by atoms with Crippen LogP contribution in [0.3, 0.4) is 0 Å². The van der Waals surface area contributed by atoms with Crippen LogP contribution in [0.1, 0.15) is 39.8 Å². The van der Waals surface area contributed by atoms with Crippen LogP contribution < -0.4 is 14.8 Å². The van der Waals surface area contributed by atoms with Crippen LogP contribution in [0, 0.1) is 0 Å². The molecule has 4 aromatic carbocycles. The van der Waals surface area contributed by atoms with E-state index in [1.54, 1.807) is 36.4 Å². The zero-order valence-corrected chi connectivity index (χ0v) is 23.4. The predicted octanol–water partition coefficient (Wildman–Crippen LogP) is 8.42. The molecule has 5 rings (SSSR count). The summed E-state index contributed by atoms with van der Waals surface area (Å²) in [5.74, 6) is -0.654. The van der Waals surface area contributed by atoms with Crippen molar-refractivity contribution in [3.8, 4) is 22.6 Å². The number of rotatable bonds is 9. The van der Waals surface area contributed by atoms with Gasteiger partial charge in [0.15, 0.2) is 0 Å². The van der Waals surface area contributed by atoms with E-state index in [1.807, 2.05) is 6.08 Å². The SMILES string of the molecule is OCc1ccccc1-c1cc(COc2ccccc2C(F)(F)F)c(C2=CCNCC2)cc1COc1ccccc1C(F)(F)F. The third-order valence-electron chi connectivity index (χ3n) is 7.37. The van der Waals surface area contributed by atoms with E-state index in [0.29, 0.717) is 52.9 Å². The zero-order chi connectivity index (χ0) is 31.3. The minimum absolute atomic E-state index is 0.209. The number of hydrogen-bond donors (Lipinski definition) is 2. The van der Waals surface area contributed by atoms with Gasteiger partial charge in [-0.25, -0.2) is 0 Å². The van der Waals surface area contributed by atoms with Crippen LogP contribution in [0.2, 0.25) is 0 Å². The third-order valence-corrected chi connectivity index (χ3v) is 7.37. The maximum absolute atomic E-state index is 13.7. The molecule has 0 amide bonds. The number of para-hydroxylation sites is 2. The van der Waals surface area contributed by atoms with Crippen LogP contribution in [0.25, 0.3) is 16.7 Å². The molecule has 0 spiro atoms. The molecule has 0 aromatic heterocycles. The van der Waals surface area contributed by atoms with E-state index in [2.05, 4.69) is 5.32 Å². The number of aliphatic hydroxyl groups is 1. The molecule has 4 nitrogen and oxygen atoms in total. The molecule has 0 radical (unpaired) electrons. The van der Waals surface area contributed by atoms with E-state index >= 15 is 0 Å². The highest BCUT2D eigenvalue weighted by molar-refractivity contribution is 5.78. The van der Waals surface area contributed by atoms with Crippen molar-refractivity contribution in [3.63, 3.8) is 0 Å². The van der Waals surface area contributed by atoms with E-state index in [1.165, 1.54) is 36.4 Å². The average molecular weight is 614 g/mol. The Morgan fingerprint density at radius 2 is 1.16 bits per heavy atom. The van der Waals surface area contributed by atoms with Gasteiger partial charge in [-0.05, 0) is 88.3 Å². The second-order valence-corrected chi connectivity index (χ2v) is 10.2. The summed E-state index contributed by atoms with van der Waals surface area (Å²) in [6, 6.07) is 20.4. The topological polar surface area (TPSA) is 50.7 Å². The molecule has 0 saturated carbocycles. The number of hydrogen-bond acceptors (Lipinski definition) is 4. The van der Waals surface area contributed by atoms with Crippen LogP contribution in [-0.4, -0.2) is 18.2 Å². The van der Waals surface area contributed by atoms with Gasteiger partial charge in [-0.2, -0.15) is 26.3 Å². The number of nitrogens with one attached hydrogen (secondary N) is 1. The number of aliphatic hydroxyl groups excluding tert-OH is 1. The summed E-state index contributed by atoms with van der Waals surface area (Å²) in [6.07, 6.45) is -6.65. The molecule has 4 aromatic rings. The minimum Gasteiger partial charge on any atom is -0.488 e. The lowest BCUT2D eigenvalue weighted by molar-refractivity contribution is -0.139. The molecular formula is C34H29F6NO3. The van der Waals surface area contributed by atoms with Crippen LogP contribution in [0.15, 0.2) is 91.0 Å². The van der Waals surface area contributed by atoms with E-state index in [0.717, 1.165) is 17.7 Å². The molecule has 0 fully saturated rings. The van der Waals surface area contributed by atoms with Crippen molar-refractivity contribution in [2.24, 2.45) is 0 Å². The first-order valence-electron chi connectivity index (χ1n) is 13.9. The Hall–Kier alpha value is -4.28. The van der Waals surface area contributed by atoms with Crippen molar-refractivity contribution in [2.45, 2.75) is 38.6 Å². The number of ether oxygens (including phenoxy) is 2. The smallest absolute Gasteiger partial charge is 0.419 e. The fourth-order valence-electron chi connectivity index (χ4n) is 5.23. The molecule has 0 unspecified atom stereocenters. The summed E-state index contributed by atoms with van der Waals surface area (Å²) in [4.78, 5) is 0. The molecule has 0 aliphatic carbocycles. The Morgan fingerprint density at radius 3 is 1.70 bits per heavy atom. The van der Waals surface area contributed by atoms with E-state index in [-0.39, 0.29) is 31.3 Å². The van der Waals surface area contributed by atoms with Gasteiger partial charge >= 0.3 is 12.4 Å². The maximum atomic E-state index is 13.7. The molecule has 230 valence electrons. The normalized spacial score (nSPS) is 13.8. The molecule has 1 aliphatic rings. The second kappa shape index (κ2) is 13.2. The molecule has 1 aliphatic heterocycles. The molecule has 0 atom stereocenters. The third kappa shape index (κ3) is 7.09. The van der Waals surface area contributed by atoms with Gasteiger partial charge in [0, 0.05) is 6.54 Å². The molecule has 0 saturated heterocycles. The maximum Gasteiger partial charge on any atom is 0.419 e. The van der Waals surface area contributed by atoms with Crippen LogP contribution in [0.5, 0.6) is 11.5 Å². The molecule has 1 heterocycles. The first kappa shape index (κ1) is 31.2. The van der Waals surface area contributed by atoms with Gasteiger partial charge in [0.25, 0.3) is 0 Å². The highest BCUT2D eigenvalue weighted by Gasteiger charge is 2.35. The fraction of sp³-hybridized carbons (Fsp3) is 0.235. The summed E-state index contributed by atoms with van der Waals surface area (Å²) < 4.78 is 93.7. The zero-order valence-electron chi connectivity index (χ0n) is 23.4. The lowest BCUT2D eigenvalue weighted by Crippen LogP contribution is -2.20. The quantitative estimate of drug-likeness (QED) is 0.186. The van der Waals surface area contributed by atoms with E-state index in [9.17, 15) is 31.4 Å². The Kier molecular flexibility index (Phi) is 9.31. The monoisotopic (exact) mass is 613 g/mol. The first-order valence-corrected chi connectivity index (χ1v) is 13.9. The predicted molar refractivity (Wildman–Crippen MR) is 155 cm³/mol. The van der Waals surface area contributed by atoms with Crippen LogP contribution in [-0.2, 0) is 32.2 Å². The summed E-state index contributed by atoms with van der Waals surface area (Å²) in [7, 11) is 0. The Bertz CT molecular complexity index is 1650. The Balaban J connectivity index is 1.62. The highest BCUT2D eigenvalue weighted by atomic mass is 19.4. The van der Waals surface area contributed by atoms with Crippen molar-refractivity contribution >= 4 is 5.57 Å². The van der Waals surface area contributed by atoms with Crippen LogP contribution in [0.4, 0.5) is 26.3 Å². The fourth-order valence-corrected chi connectivity index (χ4v) is 5.23. The summed E-state index contributed by atoms with van der Waals surface area (Å²) >= 11 is 0. The molecule has 44 heavy (non-hydrogen) atoms. The molecule has 2 N–H and O–H groups in total. The number of alkyl halides is 6. The largest absolute Gasteiger partial charge is 0.488 e. The standard InChI is InChI=1S/C34H29F6NO3/c35-33(36,37)29-9-3-5-11-31(29)43-20-24-18-28(26-8-2-1-7-23(26)19-42)25(17-27(24)22-13-15-41-16-14-22)21-44-32-12-6-4-10-30(32)34(38,39)40/h1-13,17-18,41-42H,14-16,19-21H2. The minimum atomic E-state index is -4.62. The summed E-state index contributed by atoms with van der Waals surface area (Å²) in [6.45, 7) is 0.490. The van der Waals surface area contributed by atoms with Gasteiger partial charge in [0.1, 0.15) is 24.7 Å². The van der Waals surface area contributed by atoms with Crippen molar-refractivity contribution in [3.05, 3.63) is 124 Å². The van der Waals surface area contributed by atoms with Gasteiger partial charge in [-0.1, -0.05) is 54.6 Å². The van der Waals surface area contributed by atoms with Crippen molar-refractivity contribution in [1.29, 1.82) is 0 Å². The first-order chi connectivity index (χ1) is 21.1. The van der Waals surface area contributed by atoms with Crippen molar-refractivity contribution in [2.75, 3.05) is 13.1 Å². The Morgan fingerprint density at radius 1 is 0.636 bits per heavy atom. The molecule has 10 heteroatoms. The Labute approximate surface area is 250 Å². The number of halogens is 6. The molecule has 0 bridgehead atoms. The van der Waals surface area contributed by atoms with Gasteiger partial charge in [0.2, 0.25) is 0 Å². The van der Waals surface area contributed by atoms with Gasteiger partial charge in [-0.15, -0.1) is 0 Å². The number of benzene rings is 4. The summed E-state index contributed by atoms with van der Waals surface area (Å²) in [5.41, 5.74) is 2.66. The van der Waals surface area contributed by atoms with Gasteiger partial charge in [-0.3, -0.25) is 0 Å². The summed E-state index contributed by atoms with van der Waals surface area (Å²) in [5, 5.41) is 13.3.